The van der Waals surface area contributed by atoms with E-state index in [0.29, 0.717) is 35.4 Å². The Kier molecular flexibility index (Phi) is 4.38. The van der Waals surface area contributed by atoms with Crippen LogP contribution in [0.25, 0.3) is 22.3 Å². The maximum absolute atomic E-state index is 13.1. The number of nitrogens with zero attached hydrogens (tertiary/aromatic N) is 3. The number of benzene rings is 2. The van der Waals surface area contributed by atoms with Gasteiger partial charge in [-0.05, 0) is 54.4 Å². The summed E-state index contributed by atoms with van der Waals surface area (Å²) in [6.07, 6.45) is 3.92. The minimum Gasteiger partial charge on any atom is -0.399 e. The number of fused-ring (bicyclic) bond motifs is 1. The standard InChI is InChI=1S/C21H17FN4O/c22-16-5-3-14(4-6-16)9-11-26-20(15-2-1-10-24-13-15)25-19-12-17(23)7-8-18(19)21(26)27/h1-8,10,12-13H,9,11,23H2. The van der Waals surface area contributed by atoms with Gasteiger partial charge in [0.15, 0.2) is 0 Å². The lowest BCUT2D eigenvalue weighted by molar-refractivity contribution is 0.624. The fourth-order valence-electron chi connectivity index (χ4n) is 3.05. The topological polar surface area (TPSA) is 73.8 Å². The molecule has 27 heavy (non-hydrogen) atoms. The molecule has 4 rings (SSSR count). The predicted octanol–water partition coefficient (Wildman–Crippen LogP) is 3.42. The van der Waals surface area contributed by atoms with E-state index in [9.17, 15) is 9.18 Å². The Morgan fingerprint density at radius 3 is 2.63 bits per heavy atom. The number of aromatic nitrogens is 3. The quantitative estimate of drug-likeness (QED) is 0.566. The van der Waals surface area contributed by atoms with Crippen LogP contribution in [0, 0.1) is 5.82 Å². The van der Waals surface area contributed by atoms with Crippen LogP contribution in [0.15, 0.2) is 71.8 Å². The number of pyridine rings is 1. The number of rotatable bonds is 4. The molecule has 0 aliphatic heterocycles. The van der Waals surface area contributed by atoms with E-state index in [1.165, 1.54) is 12.1 Å². The molecule has 2 heterocycles. The van der Waals surface area contributed by atoms with Gasteiger partial charge >= 0.3 is 0 Å². The Morgan fingerprint density at radius 2 is 1.89 bits per heavy atom. The lowest BCUT2D eigenvalue weighted by Gasteiger charge is -2.14. The van der Waals surface area contributed by atoms with Crippen molar-refractivity contribution in [3.05, 3.63) is 88.7 Å². The third kappa shape index (κ3) is 3.42. The molecular formula is C21H17FN4O. The van der Waals surface area contributed by atoms with Gasteiger partial charge in [0.05, 0.1) is 10.9 Å². The van der Waals surface area contributed by atoms with Gasteiger partial charge in [-0.2, -0.15) is 0 Å². The van der Waals surface area contributed by atoms with Gasteiger partial charge < -0.3 is 5.73 Å². The van der Waals surface area contributed by atoms with Crippen molar-refractivity contribution in [3.8, 4) is 11.4 Å². The summed E-state index contributed by atoms with van der Waals surface area (Å²) in [4.78, 5) is 21.9. The van der Waals surface area contributed by atoms with Crippen LogP contribution < -0.4 is 11.3 Å². The number of hydrogen-bond donors (Lipinski definition) is 1. The Morgan fingerprint density at radius 1 is 1.07 bits per heavy atom. The lowest BCUT2D eigenvalue weighted by Crippen LogP contribution is -2.24. The fourth-order valence-corrected chi connectivity index (χ4v) is 3.05. The number of nitrogens with two attached hydrogens (primary N) is 1. The smallest absolute Gasteiger partial charge is 0.261 e. The normalized spacial score (nSPS) is 11.0. The van der Waals surface area contributed by atoms with Gasteiger partial charge in [-0.25, -0.2) is 9.37 Å². The summed E-state index contributed by atoms with van der Waals surface area (Å²) in [6.45, 7) is 0.419. The van der Waals surface area contributed by atoms with Crippen LogP contribution >= 0.6 is 0 Å². The predicted molar refractivity (Wildman–Crippen MR) is 104 cm³/mol. The molecular weight excluding hydrogens is 343 g/mol. The summed E-state index contributed by atoms with van der Waals surface area (Å²) in [5, 5.41) is 0.510. The average Bonchev–Trinajstić information content (AvgIpc) is 2.69. The summed E-state index contributed by atoms with van der Waals surface area (Å²) in [6, 6.07) is 15.0. The van der Waals surface area contributed by atoms with Crippen LogP contribution in [-0.2, 0) is 13.0 Å². The van der Waals surface area contributed by atoms with E-state index < -0.39 is 0 Å². The number of halogens is 1. The van der Waals surface area contributed by atoms with Crippen molar-refractivity contribution in [2.24, 2.45) is 0 Å². The van der Waals surface area contributed by atoms with Gasteiger partial charge in [0.25, 0.3) is 5.56 Å². The summed E-state index contributed by atoms with van der Waals surface area (Å²) >= 11 is 0. The lowest BCUT2D eigenvalue weighted by atomic mass is 10.1. The van der Waals surface area contributed by atoms with Crippen molar-refractivity contribution >= 4 is 16.6 Å². The van der Waals surface area contributed by atoms with Crippen LogP contribution in [0.2, 0.25) is 0 Å². The first kappa shape index (κ1) is 16.9. The van der Waals surface area contributed by atoms with Gasteiger partial charge in [0.2, 0.25) is 0 Å². The first-order valence-corrected chi connectivity index (χ1v) is 8.57. The molecule has 5 nitrogen and oxygen atoms in total. The maximum atomic E-state index is 13.1. The summed E-state index contributed by atoms with van der Waals surface area (Å²) in [7, 11) is 0. The first-order chi connectivity index (χ1) is 13.1. The number of aryl methyl sites for hydroxylation is 1. The van der Waals surface area contributed by atoms with E-state index in [-0.39, 0.29) is 11.4 Å². The Labute approximate surface area is 154 Å². The summed E-state index contributed by atoms with van der Waals surface area (Å²) in [5.74, 6) is 0.255. The van der Waals surface area contributed by atoms with Crippen LogP contribution in [0.1, 0.15) is 5.56 Å². The van der Waals surface area contributed by atoms with Crippen LogP contribution in [-0.4, -0.2) is 14.5 Å². The Balaban J connectivity index is 1.83. The molecule has 0 saturated carbocycles. The van der Waals surface area contributed by atoms with E-state index in [4.69, 9.17) is 5.73 Å². The summed E-state index contributed by atoms with van der Waals surface area (Å²) < 4.78 is 14.8. The molecule has 0 aliphatic rings. The van der Waals surface area contributed by atoms with Gasteiger partial charge in [0, 0.05) is 30.2 Å². The summed E-state index contributed by atoms with van der Waals surface area (Å²) in [5.41, 5.74) is 8.51. The second-order valence-corrected chi connectivity index (χ2v) is 6.29. The molecule has 2 aromatic heterocycles. The molecule has 2 N–H and O–H groups in total. The first-order valence-electron chi connectivity index (χ1n) is 8.57. The molecule has 0 amide bonds. The molecule has 0 unspecified atom stereocenters. The molecule has 0 fully saturated rings. The molecule has 0 aliphatic carbocycles. The third-order valence-corrected chi connectivity index (χ3v) is 4.44. The fraction of sp³-hybridized carbons (Fsp3) is 0.0952. The Bertz CT molecular complexity index is 1150. The van der Waals surface area contributed by atoms with Crippen molar-refractivity contribution in [1.29, 1.82) is 0 Å². The van der Waals surface area contributed by atoms with Crippen LogP contribution in [0.5, 0.6) is 0 Å². The molecule has 0 saturated heterocycles. The zero-order valence-corrected chi connectivity index (χ0v) is 14.5. The van der Waals surface area contributed by atoms with Crippen LogP contribution in [0.4, 0.5) is 10.1 Å². The van der Waals surface area contributed by atoms with Gasteiger partial charge in [-0.1, -0.05) is 12.1 Å². The molecule has 0 bridgehead atoms. The Hall–Kier alpha value is -3.54. The monoisotopic (exact) mass is 360 g/mol. The molecule has 0 atom stereocenters. The van der Waals surface area contributed by atoms with E-state index >= 15 is 0 Å². The zero-order chi connectivity index (χ0) is 18.8. The highest BCUT2D eigenvalue weighted by Crippen LogP contribution is 2.20. The zero-order valence-electron chi connectivity index (χ0n) is 14.5. The van der Waals surface area contributed by atoms with E-state index in [0.717, 1.165) is 11.1 Å². The van der Waals surface area contributed by atoms with Crippen LogP contribution in [0.3, 0.4) is 0 Å². The van der Waals surface area contributed by atoms with Crippen molar-refractivity contribution < 1.29 is 4.39 Å². The van der Waals surface area contributed by atoms with Crippen molar-refractivity contribution in [1.82, 2.24) is 14.5 Å². The second kappa shape index (κ2) is 6.99. The highest BCUT2D eigenvalue weighted by molar-refractivity contribution is 5.82. The third-order valence-electron chi connectivity index (χ3n) is 4.44. The highest BCUT2D eigenvalue weighted by Gasteiger charge is 2.13. The number of nitrogen functional groups attached to an aromatic ring is 1. The van der Waals surface area contributed by atoms with E-state index in [2.05, 4.69) is 9.97 Å². The maximum Gasteiger partial charge on any atom is 0.261 e. The number of hydrogen-bond acceptors (Lipinski definition) is 4. The number of anilines is 1. The largest absolute Gasteiger partial charge is 0.399 e. The average molecular weight is 360 g/mol. The SMILES string of the molecule is Nc1ccc2c(=O)n(CCc3ccc(F)cc3)c(-c3cccnc3)nc2c1. The van der Waals surface area contributed by atoms with Crippen molar-refractivity contribution in [2.45, 2.75) is 13.0 Å². The van der Waals surface area contributed by atoms with Crippen molar-refractivity contribution in [2.75, 3.05) is 5.73 Å². The molecule has 2 aromatic carbocycles. The van der Waals surface area contributed by atoms with Crippen molar-refractivity contribution in [3.63, 3.8) is 0 Å². The van der Waals surface area contributed by atoms with Gasteiger partial charge in [-0.15, -0.1) is 0 Å². The molecule has 0 radical (unpaired) electrons. The minimum atomic E-state index is -0.281. The van der Waals surface area contributed by atoms with Gasteiger partial charge in [-0.3, -0.25) is 14.3 Å². The molecule has 134 valence electrons. The molecule has 0 spiro atoms. The van der Waals surface area contributed by atoms with E-state index in [1.807, 2.05) is 6.07 Å². The van der Waals surface area contributed by atoms with E-state index in [1.54, 1.807) is 53.4 Å². The second-order valence-electron chi connectivity index (χ2n) is 6.29. The minimum absolute atomic E-state index is 0.138. The molecule has 6 heteroatoms. The highest BCUT2D eigenvalue weighted by atomic mass is 19.1. The van der Waals surface area contributed by atoms with Gasteiger partial charge in [0.1, 0.15) is 11.6 Å². The molecule has 4 aromatic rings.